The molecule has 8 heteroatoms. The van der Waals surface area contributed by atoms with Gasteiger partial charge in [0, 0.05) is 13.6 Å². The van der Waals surface area contributed by atoms with E-state index in [2.05, 4.69) is 5.43 Å². The largest absolute Gasteiger partial charge is 0.471 e. The summed E-state index contributed by atoms with van der Waals surface area (Å²) in [5.41, 5.74) is 1.66. The van der Waals surface area contributed by atoms with Crippen LogP contribution in [-0.4, -0.2) is 35.6 Å². The van der Waals surface area contributed by atoms with Crippen molar-refractivity contribution in [3.8, 4) is 0 Å². The summed E-state index contributed by atoms with van der Waals surface area (Å²) < 4.78 is 36.7. The maximum absolute atomic E-state index is 12.2. The molecule has 0 bridgehead atoms. The average Bonchev–Trinajstić information content (AvgIpc) is 2.37. The first-order valence-corrected chi connectivity index (χ1v) is 6.48. The number of hydrogen-bond donors (Lipinski definition) is 2. The van der Waals surface area contributed by atoms with Crippen LogP contribution in [0.1, 0.15) is 19.4 Å². The Balaban J connectivity index is 2.61. The van der Waals surface area contributed by atoms with Crippen LogP contribution in [0, 0.1) is 0 Å². The minimum atomic E-state index is -5.03. The Labute approximate surface area is 126 Å². The van der Waals surface area contributed by atoms with Gasteiger partial charge in [0.15, 0.2) is 0 Å². The third kappa shape index (κ3) is 5.36. The first-order chi connectivity index (χ1) is 10.0. The molecule has 0 unspecified atom stereocenters. The van der Waals surface area contributed by atoms with Gasteiger partial charge in [-0.3, -0.25) is 15.0 Å². The van der Waals surface area contributed by atoms with Crippen molar-refractivity contribution in [1.82, 2.24) is 15.8 Å². The Kier molecular flexibility index (Phi) is 5.54. The lowest BCUT2D eigenvalue weighted by molar-refractivity contribution is -0.176. The van der Waals surface area contributed by atoms with Gasteiger partial charge in [-0.25, -0.2) is 5.01 Å². The Morgan fingerprint density at radius 1 is 1.09 bits per heavy atom. The first-order valence-electron chi connectivity index (χ1n) is 6.48. The number of amides is 2. The smallest absolute Gasteiger partial charge is 0.334 e. The summed E-state index contributed by atoms with van der Waals surface area (Å²) in [7, 11) is 1.58. The van der Waals surface area contributed by atoms with Gasteiger partial charge in [-0.1, -0.05) is 30.3 Å². The second kappa shape index (κ2) is 6.78. The SMILES string of the molecule is CN(Cc1ccccc1)NC(=O)C(C)(C)NC(=O)C(F)(F)F. The number of benzene rings is 1. The van der Waals surface area contributed by atoms with E-state index in [0.717, 1.165) is 5.56 Å². The molecule has 1 rings (SSSR count). The second-order valence-corrected chi connectivity index (χ2v) is 5.36. The van der Waals surface area contributed by atoms with E-state index in [0.29, 0.717) is 6.54 Å². The van der Waals surface area contributed by atoms with Crippen LogP contribution in [0.5, 0.6) is 0 Å². The molecular formula is C14H18F3N3O2. The van der Waals surface area contributed by atoms with Gasteiger partial charge in [0.25, 0.3) is 5.91 Å². The van der Waals surface area contributed by atoms with Crippen LogP contribution in [0.15, 0.2) is 30.3 Å². The minimum absolute atomic E-state index is 0.371. The molecule has 0 aliphatic rings. The molecule has 22 heavy (non-hydrogen) atoms. The molecule has 0 radical (unpaired) electrons. The summed E-state index contributed by atoms with van der Waals surface area (Å²) in [6, 6.07) is 9.20. The first kappa shape index (κ1) is 18.0. The molecule has 1 aromatic carbocycles. The van der Waals surface area contributed by atoms with Gasteiger partial charge in [0.1, 0.15) is 5.54 Å². The summed E-state index contributed by atoms with van der Waals surface area (Å²) in [4.78, 5) is 22.9. The number of nitrogens with zero attached hydrogens (tertiary/aromatic N) is 1. The van der Waals surface area contributed by atoms with Crippen LogP contribution >= 0.6 is 0 Å². The fraction of sp³-hybridized carbons (Fsp3) is 0.429. The number of hydrazine groups is 1. The van der Waals surface area contributed by atoms with Gasteiger partial charge in [-0.15, -0.1) is 0 Å². The molecule has 2 N–H and O–H groups in total. The predicted octanol–water partition coefficient (Wildman–Crippen LogP) is 1.61. The lowest BCUT2D eigenvalue weighted by Gasteiger charge is -2.28. The summed E-state index contributed by atoms with van der Waals surface area (Å²) in [5.74, 6) is -2.90. The van der Waals surface area contributed by atoms with Crippen LogP contribution in [0.3, 0.4) is 0 Å². The molecule has 0 aliphatic heterocycles. The molecular weight excluding hydrogens is 299 g/mol. The molecule has 0 heterocycles. The second-order valence-electron chi connectivity index (χ2n) is 5.36. The highest BCUT2D eigenvalue weighted by Gasteiger charge is 2.43. The van der Waals surface area contributed by atoms with E-state index >= 15 is 0 Å². The molecule has 0 fully saturated rings. The standard InChI is InChI=1S/C14H18F3N3O2/c1-13(2,18-12(22)14(15,16)17)11(21)19-20(3)9-10-7-5-4-6-8-10/h4-8H,9H2,1-3H3,(H,18,22)(H,19,21). The average molecular weight is 317 g/mol. The molecule has 0 saturated heterocycles. The molecule has 122 valence electrons. The molecule has 5 nitrogen and oxygen atoms in total. The molecule has 0 aromatic heterocycles. The van der Waals surface area contributed by atoms with Gasteiger partial charge in [-0.2, -0.15) is 13.2 Å². The maximum atomic E-state index is 12.2. The van der Waals surface area contributed by atoms with Crippen LogP contribution in [0.2, 0.25) is 0 Å². The lowest BCUT2D eigenvalue weighted by Crippen LogP contribution is -2.59. The van der Waals surface area contributed by atoms with Crippen molar-refractivity contribution in [1.29, 1.82) is 0 Å². The van der Waals surface area contributed by atoms with Crippen LogP contribution in [0.4, 0.5) is 13.2 Å². The van der Waals surface area contributed by atoms with Crippen molar-refractivity contribution in [2.75, 3.05) is 7.05 Å². The third-order valence-corrected chi connectivity index (χ3v) is 2.81. The van der Waals surface area contributed by atoms with Crippen molar-refractivity contribution in [2.24, 2.45) is 0 Å². The number of hydrogen-bond acceptors (Lipinski definition) is 3. The number of alkyl halides is 3. The highest BCUT2D eigenvalue weighted by atomic mass is 19.4. The minimum Gasteiger partial charge on any atom is -0.334 e. The zero-order valence-corrected chi connectivity index (χ0v) is 12.5. The van der Waals surface area contributed by atoms with Gasteiger partial charge in [-0.05, 0) is 19.4 Å². The van der Waals surface area contributed by atoms with E-state index < -0.39 is 23.5 Å². The van der Waals surface area contributed by atoms with Gasteiger partial charge in [0.05, 0.1) is 0 Å². The molecule has 0 atom stereocenters. The van der Waals surface area contributed by atoms with Gasteiger partial charge in [0.2, 0.25) is 0 Å². The Morgan fingerprint density at radius 2 is 1.64 bits per heavy atom. The molecule has 1 aromatic rings. The summed E-state index contributed by atoms with van der Waals surface area (Å²) >= 11 is 0. The van der Waals surface area contributed by atoms with Crippen LogP contribution < -0.4 is 10.7 Å². The van der Waals surface area contributed by atoms with Crippen molar-refractivity contribution in [3.63, 3.8) is 0 Å². The molecule has 0 aliphatic carbocycles. The molecule has 0 saturated carbocycles. The fourth-order valence-corrected chi connectivity index (χ4v) is 1.62. The van der Waals surface area contributed by atoms with Crippen molar-refractivity contribution in [3.05, 3.63) is 35.9 Å². The van der Waals surface area contributed by atoms with Gasteiger partial charge < -0.3 is 5.32 Å². The van der Waals surface area contributed by atoms with Crippen LogP contribution in [-0.2, 0) is 16.1 Å². The predicted molar refractivity (Wildman–Crippen MR) is 74.3 cm³/mol. The lowest BCUT2D eigenvalue weighted by atomic mass is 10.1. The zero-order valence-electron chi connectivity index (χ0n) is 12.5. The summed E-state index contributed by atoms with van der Waals surface area (Å²) in [5, 5.41) is 3.09. The highest BCUT2D eigenvalue weighted by Crippen LogP contribution is 2.16. The summed E-state index contributed by atoms with van der Waals surface area (Å²) in [6.07, 6.45) is -5.03. The molecule has 2 amide bonds. The monoisotopic (exact) mass is 317 g/mol. The van der Waals surface area contributed by atoms with E-state index in [1.807, 2.05) is 30.3 Å². The fourth-order valence-electron chi connectivity index (χ4n) is 1.62. The number of rotatable bonds is 5. The number of halogens is 3. The number of nitrogens with one attached hydrogen (secondary N) is 2. The normalized spacial score (nSPS) is 12.1. The van der Waals surface area contributed by atoms with E-state index in [4.69, 9.17) is 0 Å². The number of carbonyl (C=O) groups excluding carboxylic acids is 2. The molecule has 0 spiro atoms. The van der Waals surface area contributed by atoms with Crippen LogP contribution in [0.25, 0.3) is 0 Å². The highest BCUT2D eigenvalue weighted by molar-refractivity contribution is 5.92. The zero-order chi connectivity index (χ0) is 17.0. The van der Waals surface area contributed by atoms with E-state index in [1.165, 1.54) is 18.9 Å². The van der Waals surface area contributed by atoms with Gasteiger partial charge >= 0.3 is 12.1 Å². The summed E-state index contributed by atoms with van der Waals surface area (Å²) in [6.45, 7) is 2.76. The van der Waals surface area contributed by atoms with E-state index in [1.54, 1.807) is 12.4 Å². The Bertz CT molecular complexity index is 530. The maximum Gasteiger partial charge on any atom is 0.471 e. The van der Waals surface area contributed by atoms with Crippen molar-refractivity contribution in [2.45, 2.75) is 32.1 Å². The Hall–Kier alpha value is -2.09. The topological polar surface area (TPSA) is 61.4 Å². The number of carbonyl (C=O) groups is 2. The van der Waals surface area contributed by atoms with Crippen molar-refractivity contribution >= 4 is 11.8 Å². The van der Waals surface area contributed by atoms with E-state index in [9.17, 15) is 22.8 Å². The third-order valence-electron chi connectivity index (χ3n) is 2.81. The Morgan fingerprint density at radius 3 is 2.14 bits per heavy atom. The van der Waals surface area contributed by atoms with Crippen molar-refractivity contribution < 1.29 is 22.8 Å². The quantitative estimate of drug-likeness (QED) is 0.811. The van der Waals surface area contributed by atoms with E-state index in [-0.39, 0.29) is 0 Å².